The topological polar surface area (TPSA) is 26.3 Å². The van der Waals surface area contributed by atoms with Crippen LogP contribution in [0, 0.1) is 17.3 Å². The van der Waals surface area contributed by atoms with E-state index in [1.54, 1.807) is 0 Å². The third-order valence-corrected chi connectivity index (χ3v) is 6.67. The van der Waals surface area contributed by atoms with Gasteiger partial charge in [-0.3, -0.25) is 4.79 Å². The number of hydrogen-bond donors (Lipinski definition) is 0. The van der Waals surface area contributed by atoms with Crippen LogP contribution in [-0.4, -0.2) is 20.4 Å². The van der Waals surface area contributed by atoms with Gasteiger partial charge in [-0.1, -0.05) is 37.6 Å². The maximum absolute atomic E-state index is 12.2. The highest BCUT2D eigenvalue weighted by Crippen LogP contribution is 2.53. The Balaban J connectivity index is 1.99. The molecule has 0 bridgehead atoms. The lowest BCUT2D eigenvalue weighted by atomic mass is 9.63. The number of fused-ring (bicyclic) bond motifs is 1. The van der Waals surface area contributed by atoms with Crippen LogP contribution in [0.4, 0.5) is 0 Å². The predicted molar refractivity (Wildman–Crippen MR) is 100 cm³/mol. The lowest BCUT2D eigenvalue weighted by Crippen LogP contribution is -2.36. The Hall–Kier alpha value is -0.673. The zero-order chi connectivity index (χ0) is 17.3. The first kappa shape index (κ1) is 18.7. The van der Waals surface area contributed by atoms with Crippen LogP contribution in [0.15, 0.2) is 23.8 Å². The molecule has 0 N–H and O–H groups in total. The quantitative estimate of drug-likeness (QED) is 0.502. The smallest absolute Gasteiger partial charge is 0.172 e. The zero-order valence-electron chi connectivity index (χ0n) is 15.8. The molecule has 0 heterocycles. The molecule has 3 heteroatoms. The Labute approximate surface area is 144 Å². The van der Waals surface area contributed by atoms with E-state index in [4.69, 9.17) is 4.43 Å². The highest BCUT2D eigenvalue weighted by atomic mass is 28.3. The molecule has 0 aromatic carbocycles. The van der Waals surface area contributed by atoms with Gasteiger partial charge in [0.05, 0.1) is 5.60 Å². The minimum atomic E-state index is -1.02. The van der Waals surface area contributed by atoms with Crippen molar-refractivity contribution in [3.8, 4) is 0 Å². The van der Waals surface area contributed by atoms with Crippen LogP contribution in [0.5, 0.6) is 0 Å². The van der Waals surface area contributed by atoms with Gasteiger partial charge in [0.2, 0.25) is 0 Å². The van der Waals surface area contributed by atoms with Crippen molar-refractivity contribution in [3.63, 3.8) is 0 Å². The van der Waals surface area contributed by atoms with E-state index in [0.29, 0.717) is 11.7 Å². The summed E-state index contributed by atoms with van der Waals surface area (Å²) in [6.45, 7) is 13.4. The first-order valence-electron chi connectivity index (χ1n) is 9.24. The summed E-state index contributed by atoms with van der Waals surface area (Å²) in [4.78, 5) is 12.2. The molecular formula is C20H34O2Si. The van der Waals surface area contributed by atoms with E-state index in [9.17, 15) is 4.79 Å². The average molecular weight is 335 g/mol. The monoisotopic (exact) mass is 334 g/mol. The Morgan fingerprint density at radius 2 is 2.17 bits per heavy atom. The van der Waals surface area contributed by atoms with Crippen LogP contribution in [0.3, 0.4) is 0 Å². The van der Waals surface area contributed by atoms with Crippen LogP contribution in [0.2, 0.25) is 13.1 Å². The molecule has 0 radical (unpaired) electrons. The highest BCUT2D eigenvalue weighted by molar-refractivity contribution is 6.48. The number of carbonyl (C=O) groups is 1. The average Bonchev–Trinajstić information content (AvgIpc) is 2.75. The second kappa shape index (κ2) is 7.06. The van der Waals surface area contributed by atoms with E-state index in [2.05, 4.69) is 59.0 Å². The number of rotatable bonds is 6. The number of ketones is 1. The lowest BCUT2D eigenvalue weighted by Gasteiger charge is -2.40. The van der Waals surface area contributed by atoms with Gasteiger partial charge in [0.25, 0.3) is 0 Å². The van der Waals surface area contributed by atoms with E-state index in [-0.39, 0.29) is 16.9 Å². The Morgan fingerprint density at radius 1 is 1.48 bits per heavy atom. The maximum atomic E-state index is 12.2. The normalized spacial score (nSPS) is 30.0. The van der Waals surface area contributed by atoms with Crippen molar-refractivity contribution < 1.29 is 9.22 Å². The molecular weight excluding hydrogens is 300 g/mol. The van der Waals surface area contributed by atoms with Gasteiger partial charge >= 0.3 is 0 Å². The minimum absolute atomic E-state index is 0.124. The summed E-state index contributed by atoms with van der Waals surface area (Å²) < 4.78 is 6.06. The highest BCUT2D eigenvalue weighted by Gasteiger charge is 2.47. The Kier molecular flexibility index (Phi) is 5.73. The van der Waals surface area contributed by atoms with Crippen molar-refractivity contribution >= 4 is 14.8 Å². The molecule has 23 heavy (non-hydrogen) atoms. The molecule has 3 atom stereocenters. The second-order valence-electron chi connectivity index (χ2n) is 8.49. The van der Waals surface area contributed by atoms with E-state index in [1.165, 1.54) is 12.0 Å². The van der Waals surface area contributed by atoms with Crippen molar-refractivity contribution in [1.82, 2.24) is 0 Å². The molecule has 0 saturated heterocycles. The summed E-state index contributed by atoms with van der Waals surface area (Å²) >= 11 is 0. The largest absolute Gasteiger partial charge is 0.412 e. The maximum Gasteiger partial charge on any atom is 0.172 e. The van der Waals surface area contributed by atoms with Crippen molar-refractivity contribution in [2.75, 3.05) is 0 Å². The molecule has 0 amide bonds. The molecule has 2 rings (SSSR count). The molecule has 0 spiro atoms. The number of allylic oxidation sites excluding steroid dienone is 3. The number of Topliss-reactive ketones (excluding diaryl/α,β-unsaturated/α-hetero) is 1. The summed E-state index contributed by atoms with van der Waals surface area (Å²) in [6, 6.07) is 0. The van der Waals surface area contributed by atoms with Gasteiger partial charge < -0.3 is 4.43 Å². The third kappa shape index (κ3) is 4.24. The van der Waals surface area contributed by atoms with Crippen LogP contribution in [-0.2, 0) is 9.22 Å². The van der Waals surface area contributed by atoms with Crippen LogP contribution >= 0.6 is 0 Å². The first-order valence-corrected chi connectivity index (χ1v) is 12.0. The number of hydrogen-bond acceptors (Lipinski definition) is 2. The van der Waals surface area contributed by atoms with Gasteiger partial charge in [-0.25, -0.2) is 0 Å². The third-order valence-electron chi connectivity index (χ3n) is 5.59. The van der Waals surface area contributed by atoms with E-state index in [0.717, 1.165) is 25.7 Å². The molecule has 2 aliphatic rings. The minimum Gasteiger partial charge on any atom is -0.412 e. The van der Waals surface area contributed by atoms with Gasteiger partial charge in [-0.2, -0.15) is 0 Å². The number of carbonyl (C=O) groups excluding carboxylic acids is 1. The summed E-state index contributed by atoms with van der Waals surface area (Å²) in [5.74, 6) is 1.26. The van der Waals surface area contributed by atoms with Crippen molar-refractivity contribution in [2.45, 2.75) is 78.5 Å². The van der Waals surface area contributed by atoms with Crippen LogP contribution in [0.1, 0.15) is 59.8 Å². The molecule has 2 nitrogen and oxygen atoms in total. The summed E-state index contributed by atoms with van der Waals surface area (Å²) in [5, 5.41) is 0. The molecule has 1 unspecified atom stereocenters. The van der Waals surface area contributed by atoms with Crippen molar-refractivity contribution in [1.29, 1.82) is 0 Å². The van der Waals surface area contributed by atoms with Gasteiger partial charge in [-0.05, 0) is 64.0 Å². The van der Waals surface area contributed by atoms with E-state index < -0.39 is 9.04 Å². The molecule has 130 valence electrons. The standard InChI is InChI=1S/C20H34O2Si/c1-15(9-7-13-19(2,3)22-23(5)6)16-11-12-17-18(21)10-8-14-20(16,17)4/h7,11,13,15,17,23H,8-10,12,14H2,1-6H3/b13-7+/t15-,17?,20-/m1/s1. The Morgan fingerprint density at radius 3 is 2.83 bits per heavy atom. The zero-order valence-corrected chi connectivity index (χ0v) is 17.0. The van der Waals surface area contributed by atoms with Crippen LogP contribution < -0.4 is 0 Å². The molecule has 0 aromatic heterocycles. The summed E-state index contributed by atoms with van der Waals surface area (Å²) in [5.41, 5.74) is 1.49. The van der Waals surface area contributed by atoms with Crippen LogP contribution in [0.25, 0.3) is 0 Å². The van der Waals surface area contributed by atoms with E-state index in [1.807, 2.05) is 0 Å². The fourth-order valence-corrected chi connectivity index (χ4v) is 5.94. The molecule has 0 aromatic rings. The molecule has 2 aliphatic carbocycles. The lowest BCUT2D eigenvalue weighted by molar-refractivity contribution is -0.128. The SMILES string of the molecule is C[C@H](C/C=C/C(C)(C)O[SiH](C)C)C1=CCC2C(=O)CCC[C@]12C. The second-order valence-corrected chi connectivity index (χ2v) is 10.8. The van der Waals surface area contributed by atoms with Gasteiger partial charge in [0.15, 0.2) is 9.04 Å². The molecule has 1 saturated carbocycles. The fraction of sp³-hybridized carbons (Fsp3) is 0.750. The van der Waals surface area contributed by atoms with E-state index >= 15 is 0 Å². The summed E-state index contributed by atoms with van der Waals surface area (Å²) in [6.07, 6.45) is 11.9. The Bertz CT molecular complexity index is 504. The molecule has 1 fully saturated rings. The fourth-order valence-electron chi connectivity index (χ4n) is 4.64. The summed E-state index contributed by atoms with van der Waals surface area (Å²) in [7, 11) is -1.02. The predicted octanol–water partition coefficient (Wildman–Crippen LogP) is 5.05. The molecule has 0 aliphatic heterocycles. The van der Waals surface area contributed by atoms with Crippen molar-refractivity contribution in [2.24, 2.45) is 17.3 Å². The van der Waals surface area contributed by atoms with Gasteiger partial charge in [-0.15, -0.1) is 0 Å². The first-order chi connectivity index (χ1) is 10.7. The van der Waals surface area contributed by atoms with Gasteiger partial charge in [0, 0.05) is 12.3 Å². The van der Waals surface area contributed by atoms with Gasteiger partial charge in [0.1, 0.15) is 5.78 Å². The van der Waals surface area contributed by atoms with Crippen molar-refractivity contribution in [3.05, 3.63) is 23.8 Å².